The molecule has 1 saturated carbocycles. The molecule has 11 heavy (non-hydrogen) atoms. The molecule has 0 N–H and O–H groups in total. The molecule has 1 fully saturated rings. The van der Waals surface area contributed by atoms with Gasteiger partial charge >= 0.3 is 0 Å². The molecule has 0 amide bonds. The predicted octanol–water partition coefficient (Wildman–Crippen LogP) is 3.29. The van der Waals surface area contributed by atoms with E-state index in [-0.39, 0.29) is 0 Å². The minimum atomic E-state index is 0.475. The molecule has 1 atom stereocenters. The van der Waals surface area contributed by atoms with E-state index in [1.807, 2.05) is 0 Å². The summed E-state index contributed by atoms with van der Waals surface area (Å²) in [5.74, 6) is 6.48. The average molecular weight is 172 g/mol. The fourth-order valence-electron chi connectivity index (χ4n) is 1.79. The van der Waals surface area contributed by atoms with Crippen LogP contribution >= 0.6 is 10.5 Å². The summed E-state index contributed by atoms with van der Waals surface area (Å²) in [6.45, 7) is 4.61. The monoisotopic (exact) mass is 172 g/mol. The van der Waals surface area contributed by atoms with Crippen LogP contribution in [0.25, 0.3) is 0 Å². The van der Waals surface area contributed by atoms with Gasteiger partial charge in [0.2, 0.25) is 0 Å². The summed E-state index contributed by atoms with van der Waals surface area (Å²) in [6.07, 6.45) is 5.84. The van der Waals surface area contributed by atoms with Crippen LogP contribution in [0.4, 0.5) is 0 Å². The van der Waals surface area contributed by atoms with Crippen LogP contribution in [0.2, 0.25) is 0 Å². The van der Waals surface area contributed by atoms with Gasteiger partial charge in [-0.15, -0.1) is 0 Å². The van der Waals surface area contributed by atoms with Crippen molar-refractivity contribution < 1.29 is 0 Å². The third-order valence-corrected chi connectivity index (χ3v) is 4.83. The standard InChI is InChI=1S/C10H20S/c1-9(2)8-11(3)10-6-4-5-7-10/h9-10H,3-8H2,1-2H3. The second-order valence-corrected chi connectivity index (χ2v) is 6.08. The Kier molecular flexibility index (Phi) is 3.64. The van der Waals surface area contributed by atoms with Gasteiger partial charge < -0.3 is 0 Å². The van der Waals surface area contributed by atoms with E-state index < -0.39 is 0 Å². The lowest BCUT2D eigenvalue weighted by Gasteiger charge is -2.16. The first-order chi connectivity index (χ1) is 5.20. The molecule has 0 nitrogen and oxygen atoms in total. The van der Waals surface area contributed by atoms with E-state index in [0.717, 1.165) is 11.2 Å². The number of hydrogen-bond donors (Lipinski definition) is 0. The normalized spacial score (nSPS) is 22.8. The largest absolute Gasteiger partial charge is 0.190 e. The highest BCUT2D eigenvalue weighted by atomic mass is 32.2. The van der Waals surface area contributed by atoms with Gasteiger partial charge in [0, 0.05) is 0 Å². The second-order valence-electron chi connectivity index (χ2n) is 4.00. The van der Waals surface area contributed by atoms with Crippen LogP contribution in [0, 0.1) is 5.92 Å². The highest BCUT2D eigenvalue weighted by molar-refractivity contribution is 8.14. The zero-order valence-corrected chi connectivity index (χ0v) is 8.62. The summed E-state index contributed by atoms with van der Waals surface area (Å²) in [5.41, 5.74) is 0. The van der Waals surface area contributed by atoms with Crippen molar-refractivity contribution in [3.8, 4) is 0 Å². The topological polar surface area (TPSA) is 0 Å². The molecule has 0 bridgehead atoms. The van der Waals surface area contributed by atoms with Crippen LogP contribution in [0.15, 0.2) is 0 Å². The molecule has 66 valence electrons. The molecular weight excluding hydrogens is 152 g/mol. The van der Waals surface area contributed by atoms with E-state index in [1.165, 1.54) is 31.4 Å². The molecule has 0 spiro atoms. The minimum Gasteiger partial charge on any atom is -0.190 e. The smallest absolute Gasteiger partial charge is 0.000792 e. The zero-order valence-electron chi connectivity index (χ0n) is 7.81. The van der Waals surface area contributed by atoms with Gasteiger partial charge in [0.1, 0.15) is 0 Å². The summed E-state index contributed by atoms with van der Waals surface area (Å²) in [7, 11) is 0.475. The summed E-state index contributed by atoms with van der Waals surface area (Å²) >= 11 is 0. The molecular formula is C10H20S. The molecule has 0 heterocycles. The molecule has 1 unspecified atom stereocenters. The molecule has 0 aromatic rings. The molecule has 0 aromatic heterocycles. The Bertz CT molecular complexity index is 132. The van der Waals surface area contributed by atoms with Gasteiger partial charge in [-0.3, -0.25) is 0 Å². The third kappa shape index (κ3) is 2.98. The minimum absolute atomic E-state index is 0.475. The lowest BCUT2D eigenvalue weighted by molar-refractivity contribution is 0.744. The second kappa shape index (κ2) is 4.30. The highest BCUT2D eigenvalue weighted by Crippen LogP contribution is 2.34. The maximum absolute atomic E-state index is 4.29. The van der Waals surface area contributed by atoms with Crippen molar-refractivity contribution in [1.82, 2.24) is 0 Å². The molecule has 0 saturated heterocycles. The summed E-state index contributed by atoms with van der Waals surface area (Å²) < 4.78 is 0. The Morgan fingerprint density at radius 1 is 1.36 bits per heavy atom. The molecule has 0 aliphatic heterocycles. The Balaban J connectivity index is 2.28. The van der Waals surface area contributed by atoms with Gasteiger partial charge in [-0.05, 0) is 29.8 Å². The molecule has 1 heteroatoms. The van der Waals surface area contributed by atoms with Crippen molar-refractivity contribution in [2.45, 2.75) is 44.8 Å². The van der Waals surface area contributed by atoms with E-state index >= 15 is 0 Å². The first kappa shape index (κ1) is 9.31. The van der Waals surface area contributed by atoms with Crippen molar-refractivity contribution in [2.24, 2.45) is 5.92 Å². The Hall–Kier alpha value is 0.220. The van der Waals surface area contributed by atoms with Gasteiger partial charge in [-0.1, -0.05) is 32.6 Å². The molecule has 0 aromatic carbocycles. The van der Waals surface area contributed by atoms with Crippen molar-refractivity contribution in [2.75, 3.05) is 5.75 Å². The summed E-state index contributed by atoms with van der Waals surface area (Å²) in [6, 6.07) is 0. The Labute approximate surface area is 73.3 Å². The number of rotatable bonds is 3. The van der Waals surface area contributed by atoms with Crippen LogP contribution in [-0.2, 0) is 0 Å². The fourth-order valence-corrected chi connectivity index (χ4v) is 3.91. The van der Waals surface area contributed by atoms with Crippen molar-refractivity contribution in [1.29, 1.82) is 0 Å². The lowest BCUT2D eigenvalue weighted by atomic mass is 10.3. The Morgan fingerprint density at radius 3 is 2.36 bits per heavy atom. The number of hydrogen-bond acceptors (Lipinski definition) is 0. The third-order valence-electron chi connectivity index (χ3n) is 2.32. The first-order valence-corrected chi connectivity index (χ1v) is 6.32. The van der Waals surface area contributed by atoms with Crippen molar-refractivity contribution in [3.63, 3.8) is 0 Å². The van der Waals surface area contributed by atoms with E-state index in [1.54, 1.807) is 0 Å². The van der Waals surface area contributed by atoms with E-state index in [0.29, 0.717) is 10.5 Å². The summed E-state index contributed by atoms with van der Waals surface area (Å²) in [4.78, 5) is 0. The van der Waals surface area contributed by atoms with Crippen LogP contribution in [-0.4, -0.2) is 16.9 Å². The van der Waals surface area contributed by atoms with Crippen molar-refractivity contribution >= 4 is 16.4 Å². The predicted molar refractivity (Wildman–Crippen MR) is 56.7 cm³/mol. The van der Waals surface area contributed by atoms with Crippen LogP contribution in [0.5, 0.6) is 0 Å². The van der Waals surface area contributed by atoms with Gasteiger partial charge in [0.05, 0.1) is 0 Å². The lowest BCUT2D eigenvalue weighted by Crippen LogP contribution is -2.03. The van der Waals surface area contributed by atoms with E-state index in [9.17, 15) is 0 Å². The highest BCUT2D eigenvalue weighted by Gasteiger charge is 2.17. The van der Waals surface area contributed by atoms with Gasteiger partial charge in [-0.2, -0.15) is 10.5 Å². The maximum atomic E-state index is 4.29. The van der Waals surface area contributed by atoms with E-state index in [2.05, 4.69) is 19.7 Å². The SMILES string of the molecule is C=S(CC(C)C)C1CCCC1. The fraction of sp³-hybridized carbons (Fsp3) is 0.900. The maximum Gasteiger partial charge on any atom is -0.000792 e. The van der Waals surface area contributed by atoms with Crippen LogP contribution < -0.4 is 0 Å². The van der Waals surface area contributed by atoms with E-state index in [4.69, 9.17) is 0 Å². The quantitative estimate of drug-likeness (QED) is 0.573. The Morgan fingerprint density at radius 2 is 1.91 bits per heavy atom. The molecule has 1 rings (SSSR count). The van der Waals surface area contributed by atoms with Gasteiger partial charge in [-0.25, -0.2) is 0 Å². The molecule has 1 aliphatic carbocycles. The molecule has 1 aliphatic rings. The van der Waals surface area contributed by atoms with Gasteiger partial charge in [0.25, 0.3) is 0 Å². The molecule has 0 radical (unpaired) electrons. The van der Waals surface area contributed by atoms with Crippen LogP contribution in [0.3, 0.4) is 0 Å². The first-order valence-electron chi connectivity index (χ1n) is 4.69. The van der Waals surface area contributed by atoms with Crippen LogP contribution in [0.1, 0.15) is 39.5 Å². The zero-order chi connectivity index (χ0) is 8.27. The average Bonchev–Trinajstić information content (AvgIpc) is 2.35. The summed E-state index contributed by atoms with van der Waals surface area (Å²) in [5, 5.41) is 0.984. The van der Waals surface area contributed by atoms with Crippen molar-refractivity contribution in [3.05, 3.63) is 0 Å². The van der Waals surface area contributed by atoms with Gasteiger partial charge in [0.15, 0.2) is 0 Å².